The first kappa shape index (κ1) is 11.7. The Morgan fingerprint density at radius 2 is 1.83 bits per heavy atom. The summed E-state index contributed by atoms with van der Waals surface area (Å²) in [5.74, 6) is 0. The maximum Gasteiger partial charge on any atom is 0.00900 e. The largest absolute Gasteiger partial charge is 0.300 e. The van der Waals surface area contributed by atoms with Gasteiger partial charge >= 0.3 is 0 Å². The van der Waals surface area contributed by atoms with Gasteiger partial charge in [0.25, 0.3) is 0 Å². The first-order valence-corrected chi connectivity index (χ1v) is 5.14. The van der Waals surface area contributed by atoms with Gasteiger partial charge in [0.1, 0.15) is 0 Å². The highest BCUT2D eigenvalue weighted by atomic mass is 15.1. The Morgan fingerprint density at radius 3 is 2.17 bits per heavy atom. The van der Waals surface area contributed by atoms with Crippen molar-refractivity contribution < 1.29 is 0 Å². The summed E-state index contributed by atoms with van der Waals surface area (Å²) in [6.07, 6.45) is 5.65. The van der Waals surface area contributed by atoms with E-state index in [1.165, 1.54) is 25.9 Å². The molecule has 0 aromatic rings. The molecule has 1 nitrogen and oxygen atoms in total. The van der Waals surface area contributed by atoms with Crippen molar-refractivity contribution >= 4 is 0 Å². The van der Waals surface area contributed by atoms with Crippen LogP contribution in [0.4, 0.5) is 0 Å². The van der Waals surface area contributed by atoms with Crippen LogP contribution >= 0.6 is 0 Å². The molecule has 0 fully saturated rings. The minimum atomic E-state index is 0.773. The van der Waals surface area contributed by atoms with Crippen LogP contribution in [0.2, 0.25) is 0 Å². The van der Waals surface area contributed by atoms with E-state index >= 15 is 0 Å². The molecule has 0 spiro atoms. The van der Waals surface area contributed by atoms with E-state index < -0.39 is 0 Å². The quantitative estimate of drug-likeness (QED) is 0.529. The second-order valence-corrected chi connectivity index (χ2v) is 3.18. The van der Waals surface area contributed by atoms with Crippen LogP contribution in [0.3, 0.4) is 0 Å². The van der Waals surface area contributed by atoms with Crippen molar-refractivity contribution in [3.8, 4) is 0 Å². The standard InChI is InChI=1S/C11H23N/c1-5-9-10-12(8-4)11(6-2)7-3/h5,11H,1,6-10H2,2-4H3. The van der Waals surface area contributed by atoms with Gasteiger partial charge < -0.3 is 4.90 Å². The lowest BCUT2D eigenvalue weighted by Crippen LogP contribution is -2.34. The summed E-state index contributed by atoms with van der Waals surface area (Å²) >= 11 is 0. The highest BCUT2D eigenvalue weighted by Crippen LogP contribution is 2.08. The topological polar surface area (TPSA) is 3.24 Å². The molecule has 0 saturated carbocycles. The van der Waals surface area contributed by atoms with Crippen molar-refractivity contribution in [3.05, 3.63) is 12.7 Å². The molecule has 0 aromatic heterocycles. The molecule has 12 heavy (non-hydrogen) atoms. The van der Waals surface area contributed by atoms with Gasteiger partial charge in [0, 0.05) is 12.6 Å². The van der Waals surface area contributed by atoms with Gasteiger partial charge in [0.2, 0.25) is 0 Å². The molecule has 0 rings (SSSR count). The number of rotatable bonds is 7. The molecule has 1 heteroatoms. The van der Waals surface area contributed by atoms with Gasteiger partial charge in [0.15, 0.2) is 0 Å². The third kappa shape index (κ3) is 3.91. The second-order valence-electron chi connectivity index (χ2n) is 3.18. The van der Waals surface area contributed by atoms with Crippen molar-refractivity contribution in [3.63, 3.8) is 0 Å². The number of hydrogen-bond donors (Lipinski definition) is 0. The predicted octanol–water partition coefficient (Wildman–Crippen LogP) is 3.07. The lowest BCUT2D eigenvalue weighted by molar-refractivity contribution is 0.199. The van der Waals surface area contributed by atoms with Crippen LogP contribution in [0, 0.1) is 0 Å². The fraction of sp³-hybridized carbons (Fsp3) is 0.818. The number of nitrogens with zero attached hydrogens (tertiary/aromatic N) is 1. The lowest BCUT2D eigenvalue weighted by atomic mass is 10.1. The Labute approximate surface area is 77.5 Å². The monoisotopic (exact) mass is 169 g/mol. The van der Waals surface area contributed by atoms with Gasteiger partial charge in [-0.25, -0.2) is 0 Å². The van der Waals surface area contributed by atoms with Crippen LogP contribution in [-0.2, 0) is 0 Å². The van der Waals surface area contributed by atoms with Crippen molar-refractivity contribution in [2.24, 2.45) is 0 Å². The first-order valence-electron chi connectivity index (χ1n) is 5.14. The Morgan fingerprint density at radius 1 is 1.25 bits per heavy atom. The van der Waals surface area contributed by atoms with Crippen LogP contribution in [0.25, 0.3) is 0 Å². The average molecular weight is 169 g/mol. The van der Waals surface area contributed by atoms with Crippen molar-refractivity contribution in [2.45, 2.75) is 46.1 Å². The van der Waals surface area contributed by atoms with Crippen LogP contribution in [0.15, 0.2) is 12.7 Å². The van der Waals surface area contributed by atoms with E-state index in [4.69, 9.17) is 0 Å². The minimum Gasteiger partial charge on any atom is -0.300 e. The fourth-order valence-corrected chi connectivity index (χ4v) is 1.66. The molecule has 0 aliphatic carbocycles. The predicted molar refractivity (Wildman–Crippen MR) is 56.4 cm³/mol. The van der Waals surface area contributed by atoms with E-state index in [-0.39, 0.29) is 0 Å². The van der Waals surface area contributed by atoms with Crippen LogP contribution in [-0.4, -0.2) is 24.0 Å². The molecule has 0 unspecified atom stereocenters. The SMILES string of the molecule is C=CCCN(CC)C(CC)CC. The normalized spacial score (nSPS) is 11.1. The second kappa shape index (κ2) is 7.35. The number of hydrogen-bond acceptors (Lipinski definition) is 1. The zero-order valence-electron chi connectivity index (χ0n) is 8.84. The van der Waals surface area contributed by atoms with Crippen LogP contribution in [0.5, 0.6) is 0 Å². The zero-order chi connectivity index (χ0) is 9.40. The Balaban J connectivity index is 3.83. The zero-order valence-corrected chi connectivity index (χ0v) is 8.84. The molecule has 0 bridgehead atoms. The van der Waals surface area contributed by atoms with Crippen LogP contribution in [0.1, 0.15) is 40.0 Å². The van der Waals surface area contributed by atoms with Crippen LogP contribution < -0.4 is 0 Å². The summed E-state index contributed by atoms with van der Waals surface area (Å²) in [4.78, 5) is 2.54. The van der Waals surface area contributed by atoms with Gasteiger partial charge in [-0.15, -0.1) is 6.58 Å². The maximum absolute atomic E-state index is 3.75. The minimum absolute atomic E-state index is 0.773. The molecule has 0 aliphatic rings. The smallest absolute Gasteiger partial charge is 0.00900 e. The molecule has 0 radical (unpaired) electrons. The molecule has 72 valence electrons. The van der Waals surface area contributed by atoms with E-state index in [1.807, 2.05) is 6.08 Å². The molecule has 0 amide bonds. The molecule has 0 N–H and O–H groups in total. The Hall–Kier alpha value is -0.300. The molecular weight excluding hydrogens is 146 g/mol. The van der Waals surface area contributed by atoms with E-state index in [9.17, 15) is 0 Å². The first-order chi connectivity index (χ1) is 5.79. The van der Waals surface area contributed by atoms with Crippen molar-refractivity contribution in [1.82, 2.24) is 4.90 Å². The lowest BCUT2D eigenvalue weighted by Gasteiger charge is -2.28. The van der Waals surface area contributed by atoms with E-state index in [1.54, 1.807) is 0 Å². The van der Waals surface area contributed by atoms with E-state index in [0.29, 0.717) is 0 Å². The van der Waals surface area contributed by atoms with Gasteiger partial charge in [-0.1, -0.05) is 26.8 Å². The molecular formula is C11H23N. The summed E-state index contributed by atoms with van der Waals surface area (Å²) in [6.45, 7) is 12.9. The summed E-state index contributed by atoms with van der Waals surface area (Å²) < 4.78 is 0. The summed E-state index contributed by atoms with van der Waals surface area (Å²) in [7, 11) is 0. The van der Waals surface area contributed by atoms with E-state index in [2.05, 4.69) is 32.3 Å². The van der Waals surface area contributed by atoms with Crippen molar-refractivity contribution in [2.75, 3.05) is 13.1 Å². The van der Waals surface area contributed by atoms with E-state index in [0.717, 1.165) is 12.5 Å². The highest BCUT2D eigenvalue weighted by molar-refractivity contribution is 4.73. The van der Waals surface area contributed by atoms with Gasteiger partial charge in [-0.05, 0) is 25.8 Å². The highest BCUT2D eigenvalue weighted by Gasteiger charge is 2.11. The summed E-state index contributed by atoms with van der Waals surface area (Å²) in [5.41, 5.74) is 0. The van der Waals surface area contributed by atoms with Gasteiger partial charge in [-0.3, -0.25) is 0 Å². The molecule has 0 atom stereocenters. The summed E-state index contributed by atoms with van der Waals surface area (Å²) in [6, 6.07) is 0.773. The van der Waals surface area contributed by atoms with Gasteiger partial charge in [-0.2, -0.15) is 0 Å². The summed E-state index contributed by atoms with van der Waals surface area (Å²) in [5, 5.41) is 0. The fourth-order valence-electron chi connectivity index (χ4n) is 1.66. The third-order valence-corrected chi connectivity index (χ3v) is 2.49. The maximum atomic E-state index is 3.75. The Kier molecular flexibility index (Phi) is 7.17. The molecule has 0 aromatic carbocycles. The van der Waals surface area contributed by atoms with Crippen molar-refractivity contribution in [1.29, 1.82) is 0 Å². The van der Waals surface area contributed by atoms with Gasteiger partial charge in [0.05, 0.1) is 0 Å². The average Bonchev–Trinajstić information content (AvgIpc) is 2.12. The third-order valence-electron chi connectivity index (χ3n) is 2.49. The Bertz CT molecular complexity index is 106. The molecule has 0 aliphatic heterocycles. The molecule has 0 heterocycles. The molecule has 0 saturated heterocycles.